The Morgan fingerprint density at radius 1 is 0.958 bits per heavy atom. The number of nitrogens with two attached hydrogens (primary N) is 1. The summed E-state index contributed by atoms with van der Waals surface area (Å²) in [5.41, 5.74) is 8.49. The minimum atomic E-state index is -0.109. The van der Waals surface area contributed by atoms with Crippen LogP contribution in [0.1, 0.15) is 29.8 Å². The Balaban J connectivity index is 1.97. The van der Waals surface area contributed by atoms with E-state index in [9.17, 15) is 9.59 Å². The van der Waals surface area contributed by atoms with Gasteiger partial charge in [-0.05, 0) is 55.8 Å². The molecule has 0 aromatic heterocycles. The van der Waals surface area contributed by atoms with E-state index in [2.05, 4.69) is 5.32 Å². The third-order valence-corrected chi connectivity index (χ3v) is 3.81. The van der Waals surface area contributed by atoms with Crippen LogP contribution in [0.25, 0.3) is 0 Å². The lowest BCUT2D eigenvalue weighted by atomic mass is 10.1. The quantitative estimate of drug-likeness (QED) is 0.802. The maximum absolute atomic E-state index is 12.2. The molecular formula is C19H23N3O2. The molecule has 0 aliphatic rings. The molecule has 0 radical (unpaired) electrons. The van der Waals surface area contributed by atoms with Gasteiger partial charge in [0.05, 0.1) is 6.42 Å². The molecule has 0 aliphatic carbocycles. The minimum absolute atomic E-state index is 0.000231. The highest BCUT2D eigenvalue weighted by Crippen LogP contribution is 2.13. The van der Waals surface area contributed by atoms with E-state index >= 15 is 0 Å². The van der Waals surface area contributed by atoms with Gasteiger partial charge in [-0.2, -0.15) is 0 Å². The van der Waals surface area contributed by atoms with Crippen LogP contribution in [0.3, 0.4) is 0 Å². The van der Waals surface area contributed by atoms with Gasteiger partial charge in [0.25, 0.3) is 5.91 Å². The topological polar surface area (TPSA) is 75.4 Å². The average molecular weight is 325 g/mol. The molecule has 0 heterocycles. The second-order valence-corrected chi connectivity index (χ2v) is 5.52. The van der Waals surface area contributed by atoms with Crippen molar-refractivity contribution >= 4 is 23.2 Å². The first-order chi connectivity index (χ1) is 11.5. The number of carbonyl (C=O) groups is 2. The largest absolute Gasteiger partial charge is 0.399 e. The number of benzene rings is 2. The molecule has 0 unspecified atom stereocenters. The predicted octanol–water partition coefficient (Wildman–Crippen LogP) is 2.93. The first-order valence-electron chi connectivity index (χ1n) is 8.07. The maximum Gasteiger partial charge on any atom is 0.253 e. The zero-order valence-electron chi connectivity index (χ0n) is 14.1. The molecule has 0 fully saturated rings. The number of hydrogen-bond donors (Lipinski definition) is 2. The van der Waals surface area contributed by atoms with Crippen LogP contribution < -0.4 is 11.1 Å². The van der Waals surface area contributed by atoms with Gasteiger partial charge in [-0.25, -0.2) is 0 Å². The molecule has 0 atom stereocenters. The summed E-state index contributed by atoms with van der Waals surface area (Å²) in [6, 6.07) is 14.2. The predicted molar refractivity (Wildman–Crippen MR) is 96.9 cm³/mol. The number of carbonyl (C=O) groups excluding carboxylic acids is 2. The summed E-state index contributed by atoms with van der Waals surface area (Å²) in [4.78, 5) is 26.1. The number of rotatable bonds is 6. The monoisotopic (exact) mass is 325 g/mol. The fraction of sp³-hybridized carbons (Fsp3) is 0.263. The Labute approximate surface area is 142 Å². The molecule has 0 saturated heterocycles. The maximum atomic E-state index is 12.2. The molecule has 0 saturated carbocycles. The van der Waals surface area contributed by atoms with Crippen LogP contribution in [0.2, 0.25) is 0 Å². The molecule has 5 nitrogen and oxygen atoms in total. The SMILES string of the molecule is CCN(CC)C(=O)c1ccc(NC(=O)Cc2ccc(N)cc2)cc1. The fourth-order valence-electron chi connectivity index (χ4n) is 2.42. The second kappa shape index (κ2) is 8.15. The third kappa shape index (κ3) is 4.59. The van der Waals surface area contributed by atoms with E-state index in [1.807, 2.05) is 26.0 Å². The van der Waals surface area contributed by atoms with Crippen molar-refractivity contribution in [1.29, 1.82) is 0 Å². The minimum Gasteiger partial charge on any atom is -0.399 e. The van der Waals surface area contributed by atoms with Gasteiger partial charge >= 0.3 is 0 Å². The zero-order chi connectivity index (χ0) is 17.5. The molecule has 2 aromatic rings. The summed E-state index contributed by atoms with van der Waals surface area (Å²) >= 11 is 0. The second-order valence-electron chi connectivity index (χ2n) is 5.52. The van der Waals surface area contributed by atoms with E-state index in [0.29, 0.717) is 30.0 Å². The lowest BCUT2D eigenvalue weighted by molar-refractivity contribution is -0.115. The summed E-state index contributed by atoms with van der Waals surface area (Å²) in [5, 5.41) is 2.83. The Morgan fingerprint density at radius 3 is 2.08 bits per heavy atom. The molecule has 2 aromatic carbocycles. The highest BCUT2D eigenvalue weighted by atomic mass is 16.2. The molecule has 3 N–H and O–H groups in total. The molecule has 2 rings (SSSR count). The van der Waals surface area contributed by atoms with Gasteiger partial charge in [0.15, 0.2) is 0 Å². The number of nitrogens with zero attached hydrogens (tertiary/aromatic N) is 1. The summed E-state index contributed by atoms with van der Waals surface area (Å²) in [6.07, 6.45) is 0.278. The van der Waals surface area contributed by atoms with Crippen molar-refractivity contribution < 1.29 is 9.59 Å². The van der Waals surface area contributed by atoms with E-state index in [1.165, 1.54) is 0 Å². The van der Waals surface area contributed by atoms with Gasteiger partial charge in [-0.1, -0.05) is 12.1 Å². The van der Waals surface area contributed by atoms with Gasteiger partial charge in [0, 0.05) is 30.0 Å². The molecular weight excluding hydrogens is 302 g/mol. The smallest absolute Gasteiger partial charge is 0.253 e. The van der Waals surface area contributed by atoms with Crippen molar-refractivity contribution in [2.24, 2.45) is 0 Å². The van der Waals surface area contributed by atoms with Crippen molar-refractivity contribution in [2.75, 3.05) is 24.1 Å². The van der Waals surface area contributed by atoms with E-state index in [-0.39, 0.29) is 18.2 Å². The fourth-order valence-corrected chi connectivity index (χ4v) is 2.42. The van der Waals surface area contributed by atoms with Crippen LogP contribution in [-0.2, 0) is 11.2 Å². The molecule has 2 amide bonds. The van der Waals surface area contributed by atoms with Crippen LogP contribution in [0.5, 0.6) is 0 Å². The lowest BCUT2D eigenvalue weighted by Crippen LogP contribution is -2.30. The van der Waals surface area contributed by atoms with E-state index in [1.54, 1.807) is 41.3 Å². The van der Waals surface area contributed by atoms with Gasteiger partial charge in [0.1, 0.15) is 0 Å². The van der Waals surface area contributed by atoms with Crippen LogP contribution in [0.4, 0.5) is 11.4 Å². The number of anilines is 2. The molecule has 5 heteroatoms. The van der Waals surface area contributed by atoms with Gasteiger partial charge < -0.3 is 16.0 Å². The van der Waals surface area contributed by atoms with Crippen molar-refractivity contribution in [3.05, 3.63) is 59.7 Å². The summed E-state index contributed by atoms with van der Waals surface area (Å²) < 4.78 is 0. The molecule has 0 spiro atoms. The van der Waals surface area contributed by atoms with Crippen LogP contribution >= 0.6 is 0 Å². The van der Waals surface area contributed by atoms with Crippen LogP contribution in [0, 0.1) is 0 Å². The Morgan fingerprint density at radius 2 is 1.54 bits per heavy atom. The highest BCUT2D eigenvalue weighted by Gasteiger charge is 2.12. The summed E-state index contributed by atoms with van der Waals surface area (Å²) in [5.74, 6) is -0.109. The van der Waals surface area contributed by atoms with Gasteiger partial charge in [0.2, 0.25) is 5.91 Å². The van der Waals surface area contributed by atoms with Gasteiger partial charge in [-0.3, -0.25) is 9.59 Å². The number of nitrogen functional groups attached to an aromatic ring is 1. The van der Waals surface area contributed by atoms with E-state index < -0.39 is 0 Å². The van der Waals surface area contributed by atoms with Crippen LogP contribution in [-0.4, -0.2) is 29.8 Å². The molecule has 0 bridgehead atoms. The summed E-state index contributed by atoms with van der Waals surface area (Å²) in [6.45, 7) is 5.26. The summed E-state index contributed by atoms with van der Waals surface area (Å²) in [7, 11) is 0. The number of nitrogens with one attached hydrogen (secondary N) is 1. The van der Waals surface area contributed by atoms with Crippen LogP contribution in [0.15, 0.2) is 48.5 Å². The van der Waals surface area contributed by atoms with Crippen molar-refractivity contribution in [3.8, 4) is 0 Å². The molecule has 24 heavy (non-hydrogen) atoms. The van der Waals surface area contributed by atoms with Crippen molar-refractivity contribution in [1.82, 2.24) is 4.90 Å². The third-order valence-electron chi connectivity index (χ3n) is 3.81. The number of hydrogen-bond acceptors (Lipinski definition) is 3. The normalized spacial score (nSPS) is 10.2. The van der Waals surface area contributed by atoms with E-state index in [4.69, 9.17) is 5.73 Å². The highest BCUT2D eigenvalue weighted by molar-refractivity contribution is 5.96. The van der Waals surface area contributed by atoms with E-state index in [0.717, 1.165) is 5.56 Å². The number of amides is 2. The zero-order valence-corrected chi connectivity index (χ0v) is 14.1. The molecule has 126 valence electrons. The average Bonchev–Trinajstić information content (AvgIpc) is 2.58. The molecule has 0 aliphatic heterocycles. The van der Waals surface area contributed by atoms with Crippen molar-refractivity contribution in [2.45, 2.75) is 20.3 Å². The van der Waals surface area contributed by atoms with Gasteiger partial charge in [-0.15, -0.1) is 0 Å². The first-order valence-corrected chi connectivity index (χ1v) is 8.07. The Hall–Kier alpha value is -2.82. The first kappa shape index (κ1) is 17.5. The Bertz CT molecular complexity index is 690. The Kier molecular flexibility index (Phi) is 5.95. The standard InChI is InChI=1S/C19H23N3O2/c1-3-22(4-2)19(24)15-7-11-17(12-8-15)21-18(23)13-14-5-9-16(20)10-6-14/h5-12H,3-4,13,20H2,1-2H3,(H,21,23). The van der Waals surface area contributed by atoms with Crippen molar-refractivity contribution in [3.63, 3.8) is 0 Å². The lowest BCUT2D eigenvalue weighted by Gasteiger charge is -2.18.